The monoisotopic (exact) mass is 281 g/mol. The average molecular weight is 281 g/mol. The number of nitrogens with one attached hydrogen (secondary N) is 1. The minimum absolute atomic E-state index is 0.0108. The van der Waals surface area contributed by atoms with Crippen LogP contribution >= 0.6 is 0 Å². The van der Waals surface area contributed by atoms with E-state index in [4.69, 9.17) is 9.84 Å². The Hall–Kier alpha value is -0.170. The molecule has 0 heterocycles. The summed E-state index contributed by atoms with van der Waals surface area (Å²) in [7, 11) is -3.27. The smallest absolute Gasteiger partial charge is 0.213 e. The van der Waals surface area contributed by atoms with Gasteiger partial charge in [0.25, 0.3) is 0 Å². The summed E-state index contributed by atoms with van der Waals surface area (Å²) in [5.41, 5.74) is 0. The van der Waals surface area contributed by atoms with Gasteiger partial charge in [-0.3, -0.25) is 0 Å². The molecule has 2 N–H and O–H groups in total. The van der Waals surface area contributed by atoms with E-state index in [0.717, 1.165) is 12.8 Å². The summed E-state index contributed by atoms with van der Waals surface area (Å²) in [4.78, 5) is 0. The molecule has 0 aromatic carbocycles. The first-order chi connectivity index (χ1) is 8.41. The third kappa shape index (κ3) is 9.82. The van der Waals surface area contributed by atoms with Crippen molar-refractivity contribution in [1.29, 1.82) is 0 Å². The van der Waals surface area contributed by atoms with Gasteiger partial charge in [0, 0.05) is 13.2 Å². The zero-order valence-corrected chi connectivity index (χ0v) is 12.5. The molecule has 18 heavy (non-hydrogen) atoms. The number of sulfonamides is 1. The Labute approximate surface area is 111 Å². The summed E-state index contributed by atoms with van der Waals surface area (Å²) in [5.74, 6) is 0.198. The van der Waals surface area contributed by atoms with Crippen molar-refractivity contribution in [2.45, 2.75) is 46.1 Å². The molecule has 110 valence electrons. The summed E-state index contributed by atoms with van der Waals surface area (Å²) in [5, 5.41) is 8.90. The van der Waals surface area contributed by atoms with Crippen LogP contribution in [0.3, 0.4) is 0 Å². The van der Waals surface area contributed by atoms with Crippen molar-refractivity contribution in [2.75, 3.05) is 25.5 Å². The molecule has 0 saturated carbocycles. The van der Waals surface area contributed by atoms with Gasteiger partial charge in [0.05, 0.1) is 18.5 Å². The molecule has 0 saturated heterocycles. The van der Waals surface area contributed by atoms with Gasteiger partial charge in [-0.15, -0.1) is 0 Å². The van der Waals surface area contributed by atoms with E-state index in [1.54, 1.807) is 0 Å². The van der Waals surface area contributed by atoms with Gasteiger partial charge in [-0.1, -0.05) is 13.3 Å². The molecule has 0 aromatic rings. The lowest BCUT2D eigenvalue weighted by Crippen LogP contribution is -2.33. The Morgan fingerprint density at radius 3 is 2.44 bits per heavy atom. The lowest BCUT2D eigenvalue weighted by atomic mass is 10.0. The van der Waals surface area contributed by atoms with Crippen LogP contribution in [0.4, 0.5) is 0 Å². The van der Waals surface area contributed by atoms with Crippen LogP contribution in [-0.4, -0.2) is 45.1 Å². The maximum atomic E-state index is 11.7. The summed E-state index contributed by atoms with van der Waals surface area (Å²) in [6, 6.07) is 0. The predicted molar refractivity (Wildman–Crippen MR) is 73.0 cm³/mol. The molecule has 6 heteroatoms. The molecule has 5 nitrogen and oxygen atoms in total. The first-order valence-electron chi connectivity index (χ1n) is 6.61. The number of hydrogen-bond donors (Lipinski definition) is 2. The highest BCUT2D eigenvalue weighted by Gasteiger charge is 2.14. The van der Waals surface area contributed by atoms with Gasteiger partial charge in [-0.2, -0.15) is 0 Å². The first-order valence-corrected chi connectivity index (χ1v) is 8.26. The van der Waals surface area contributed by atoms with Crippen LogP contribution in [-0.2, 0) is 14.8 Å². The fraction of sp³-hybridized carbons (Fsp3) is 1.00. The van der Waals surface area contributed by atoms with E-state index in [2.05, 4.69) is 11.6 Å². The molecule has 0 bridgehead atoms. The summed E-state index contributed by atoms with van der Waals surface area (Å²) in [6.07, 6.45) is 2.59. The van der Waals surface area contributed by atoms with Gasteiger partial charge in [0.2, 0.25) is 10.0 Å². The second-order valence-corrected chi connectivity index (χ2v) is 6.68. The average Bonchev–Trinajstić information content (AvgIpc) is 2.26. The second kappa shape index (κ2) is 9.72. The van der Waals surface area contributed by atoms with Gasteiger partial charge in [0.15, 0.2) is 0 Å². The van der Waals surface area contributed by atoms with Gasteiger partial charge in [0.1, 0.15) is 0 Å². The Kier molecular flexibility index (Phi) is 9.63. The SMILES string of the molecule is CCCC(CCO)CNS(=O)(=O)CCOC(C)C. The number of hydrogen-bond acceptors (Lipinski definition) is 4. The minimum atomic E-state index is -3.27. The van der Waals surface area contributed by atoms with Crippen molar-refractivity contribution in [2.24, 2.45) is 5.92 Å². The Morgan fingerprint density at radius 2 is 1.94 bits per heavy atom. The molecule has 1 unspecified atom stereocenters. The van der Waals surface area contributed by atoms with E-state index in [9.17, 15) is 8.42 Å². The highest BCUT2D eigenvalue weighted by atomic mass is 32.2. The molecule has 1 atom stereocenters. The van der Waals surface area contributed by atoms with Crippen LogP contribution in [0, 0.1) is 5.92 Å². The molecule has 0 rings (SSSR count). The number of ether oxygens (including phenoxy) is 1. The number of aliphatic hydroxyl groups excluding tert-OH is 1. The fourth-order valence-electron chi connectivity index (χ4n) is 1.65. The first kappa shape index (κ1) is 17.8. The van der Waals surface area contributed by atoms with Gasteiger partial charge in [-0.25, -0.2) is 13.1 Å². The Morgan fingerprint density at radius 1 is 1.28 bits per heavy atom. The zero-order chi connectivity index (χ0) is 14.0. The van der Waals surface area contributed by atoms with Gasteiger partial charge >= 0.3 is 0 Å². The van der Waals surface area contributed by atoms with Crippen molar-refractivity contribution < 1.29 is 18.3 Å². The highest BCUT2D eigenvalue weighted by Crippen LogP contribution is 2.09. The summed E-state index contributed by atoms with van der Waals surface area (Å²) < 4.78 is 31.1. The van der Waals surface area contributed by atoms with E-state index in [-0.39, 0.29) is 31.0 Å². The van der Waals surface area contributed by atoms with Gasteiger partial charge < -0.3 is 9.84 Å². The minimum Gasteiger partial charge on any atom is -0.396 e. The number of aliphatic hydroxyl groups is 1. The van der Waals surface area contributed by atoms with Crippen molar-refractivity contribution >= 4 is 10.0 Å². The second-order valence-electron chi connectivity index (χ2n) is 4.75. The highest BCUT2D eigenvalue weighted by molar-refractivity contribution is 7.89. The Bertz CT molecular complexity index is 284. The molecule has 0 spiro atoms. The zero-order valence-electron chi connectivity index (χ0n) is 11.7. The van der Waals surface area contributed by atoms with E-state index in [1.165, 1.54) is 0 Å². The molecule has 0 aliphatic carbocycles. The van der Waals surface area contributed by atoms with E-state index in [0.29, 0.717) is 13.0 Å². The third-order valence-electron chi connectivity index (χ3n) is 2.63. The van der Waals surface area contributed by atoms with Gasteiger partial charge in [-0.05, 0) is 32.6 Å². The maximum absolute atomic E-state index is 11.7. The van der Waals surface area contributed by atoms with Crippen molar-refractivity contribution in [1.82, 2.24) is 4.72 Å². The summed E-state index contributed by atoms with van der Waals surface area (Å²) in [6.45, 7) is 6.51. The largest absolute Gasteiger partial charge is 0.396 e. The predicted octanol–water partition coefficient (Wildman–Crippen LogP) is 1.13. The number of rotatable bonds is 11. The molecule has 0 aromatic heterocycles. The van der Waals surface area contributed by atoms with Crippen molar-refractivity contribution in [3.05, 3.63) is 0 Å². The molecular weight excluding hydrogens is 254 g/mol. The van der Waals surface area contributed by atoms with E-state index >= 15 is 0 Å². The molecule has 0 radical (unpaired) electrons. The quantitative estimate of drug-likeness (QED) is 0.595. The van der Waals surface area contributed by atoms with Crippen LogP contribution in [0.2, 0.25) is 0 Å². The van der Waals surface area contributed by atoms with Crippen LogP contribution in [0.15, 0.2) is 0 Å². The molecular formula is C12H27NO4S. The van der Waals surface area contributed by atoms with Crippen molar-refractivity contribution in [3.63, 3.8) is 0 Å². The molecule has 0 fully saturated rings. The van der Waals surface area contributed by atoms with E-state index in [1.807, 2.05) is 13.8 Å². The van der Waals surface area contributed by atoms with Crippen LogP contribution in [0.25, 0.3) is 0 Å². The summed E-state index contributed by atoms with van der Waals surface area (Å²) >= 11 is 0. The topological polar surface area (TPSA) is 75.6 Å². The maximum Gasteiger partial charge on any atom is 0.213 e. The van der Waals surface area contributed by atoms with Crippen LogP contribution < -0.4 is 4.72 Å². The van der Waals surface area contributed by atoms with Crippen molar-refractivity contribution in [3.8, 4) is 0 Å². The van der Waals surface area contributed by atoms with Crippen LogP contribution in [0.5, 0.6) is 0 Å². The van der Waals surface area contributed by atoms with E-state index < -0.39 is 10.0 Å². The third-order valence-corrected chi connectivity index (χ3v) is 3.94. The molecule has 0 aliphatic rings. The lowest BCUT2D eigenvalue weighted by molar-refractivity contribution is 0.0911. The standard InChI is InChI=1S/C12H27NO4S/c1-4-5-12(6-7-14)10-13-18(15,16)9-8-17-11(2)3/h11-14H,4-10H2,1-3H3. The molecule has 0 aliphatic heterocycles. The Balaban J connectivity index is 3.99. The van der Waals surface area contributed by atoms with Crippen LogP contribution in [0.1, 0.15) is 40.0 Å². The normalized spacial score (nSPS) is 14.1. The lowest BCUT2D eigenvalue weighted by Gasteiger charge is -2.16. The fourth-order valence-corrected chi connectivity index (χ4v) is 2.60. The molecule has 0 amide bonds.